The van der Waals surface area contributed by atoms with E-state index in [1.165, 1.54) is 0 Å². The van der Waals surface area contributed by atoms with Crippen LogP contribution < -0.4 is 5.73 Å². The first kappa shape index (κ1) is 15.6. The number of Topliss-reactive ketones (excluding diaryl/α,β-unsaturated/α-hetero) is 1. The fourth-order valence-corrected chi connectivity index (χ4v) is 2.21. The zero-order chi connectivity index (χ0) is 12.8. The van der Waals surface area contributed by atoms with E-state index in [9.17, 15) is 13.2 Å². The van der Waals surface area contributed by atoms with Crippen LogP contribution in [0.3, 0.4) is 0 Å². The molecule has 5 heteroatoms. The van der Waals surface area contributed by atoms with Gasteiger partial charge in [-0.05, 0) is 20.3 Å². The van der Waals surface area contributed by atoms with Crippen LogP contribution >= 0.6 is 0 Å². The first-order chi connectivity index (χ1) is 7.31. The molecule has 0 aromatic rings. The van der Waals surface area contributed by atoms with Gasteiger partial charge in [0.25, 0.3) is 0 Å². The van der Waals surface area contributed by atoms with Gasteiger partial charge in [-0.25, -0.2) is 8.42 Å². The maximum atomic E-state index is 11.5. The molecule has 1 unspecified atom stereocenters. The van der Waals surface area contributed by atoms with Crippen molar-refractivity contribution in [3.8, 4) is 0 Å². The van der Waals surface area contributed by atoms with Gasteiger partial charge in [0.05, 0.1) is 17.0 Å². The molecule has 96 valence electrons. The lowest BCUT2D eigenvalue weighted by atomic mass is 10.1. The number of nitrogens with two attached hydrogens (primary N) is 1. The monoisotopic (exact) mass is 249 g/mol. The molecule has 1 atom stereocenters. The Kier molecular flexibility index (Phi) is 6.83. The van der Waals surface area contributed by atoms with Crippen molar-refractivity contribution in [2.24, 2.45) is 5.73 Å². The number of rotatable bonds is 8. The van der Waals surface area contributed by atoms with Gasteiger partial charge >= 0.3 is 0 Å². The molecule has 0 aromatic carbocycles. The number of carbonyl (C=O) groups excluding carboxylic acids is 1. The van der Waals surface area contributed by atoms with Crippen molar-refractivity contribution >= 4 is 15.6 Å². The third-order valence-electron chi connectivity index (χ3n) is 2.63. The first-order valence-electron chi connectivity index (χ1n) is 5.81. The van der Waals surface area contributed by atoms with Crippen LogP contribution in [0.2, 0.25) is 0 Å². The normalized spacial score (nSPS) is 14.1. The summed E-state index contributed by atoms with van der Waals surface area (Å²) in [6.07, 6.45) is 2.59. The van der Waals surface area contributed by atoms with E-state index in [1.807, 2.05) is 6.92 Å². The number of hydrogen-bond donors (Lipinski definition) is 1. The largest absolute Gasteiger partial charge is 0.322 e. The van der Waals surface area contributed by atoms with E-state index in [0.29, 0.717) is 6.42 Å². The Morgan fingerprint density at radius 2 is 1.88 bits per heavy atom. The van der Waals surface area contributed by atoms with Gasteiger partial charge in [-0.1, -0.05) is 19.8 Å². The smallest absolute Gasteiger partial charge is 0.153 e. The summed E-state index contributed by atoms with van der Waals surface area (Å²) in [5, 5.41) is -0.424. The van der Waals surface area contributed by atoms with E-state index < -0.39 is 21.1 Å². The van der Waals surface area contributed by atoms with Crippen molar-refractivity contribution in [3.63, 3.8) is 0 Å². The second-order valence-corrected chi connectivity index (χ2v) is 7.06. The quantitative estimate of drug-likeness (QED) is 0.703. The molecule has 0 bridgehead atoms. The second kappa shape index (κ2) is 7.01. The van der Waals surface area contributed by atoms with Crippen LogP contribution in [-0.2, 0) is 14.6 Å². The molecule has 0 heterocycles. The van der Waals surface area contributed by atoms with Crippen LogP contribution in [0.4, 0.5) is 0 Å². The lowest BCUT2D eigenvalue weighted by Gasteiger charge is -2.11. The van der Waals surface area contributed by atoms with Gasteiger partial charge in [-0.2, -0.15) is 0 Å². The van der Waals surface area contributed by atoms with E-state index in [0.717, 1.165) is 12.8 Å². The van der Waals surface area contributed by atoms with Crippen molar-refractivity contribution in [3.05, 3.63) is 0 Å². The van der Waals surface area contributed by atoms with Crippen molar-refractivity contribution in [2.75, 3.05) is 5.75 Å². The van der Waals surface area contributed by atoms with Crippen LogP contribution in [0.1, 0.15) is 46.5 Å². The molecule has 0 spiro atoms. The molecule has 4 nitrogen and oxygen atoms in total. The summed E-state index contributed by atoms with van der Waals surface area (Å²) in [6, 6.07) is -0.498. The third-order valence-corrected chi connectivity index (χ3v) is 4.84. The van der Waals surface area contributed by atoms with Gasteiger partial charge in [-0.15, -0.1) is 0 Å². The van der Waals surface area contributed by atoms with Crippen LogP contribution in [0.5, 0.6) is 0 Å². The standard InChI is InChI=1S/C11H23NO3S/c1-4-5-6-10(12)11(13)7-8-16(14,15)9(2)3/h9-10H,4-8,12H2,1-3H3. The predicted molar refractivity (Wildman–Crippen MR) is 66.0 cm³/mol. The van der Waals surface area contributed by atoms with Gasteiger partial charge in [0.1, 0.15) is 0 Å². The minimum Gasteiger partial charge on any atom is -0.322 e. The van der Waals surface area contributed by atoms with E-state index in [1.54, 1.807) is 13.8 Å². The van der Waals surface area contributed by atoms with Crippen LogP contribution in [0.15, 0.2) is 0 Å². The summed E-state index contributed by atoms with van der Waals surface area (Å²) >= 11 is 0. The minimum atomic E-state index is -3.12. The molecular weight excluding hydrogens is 226 g/mol. The Labute approximate surface area is 98.5 Å². The van der Waals surface area contributed by atoms with Crippen LogP contribution in [0.25, 0.3) is 0 Å². The summed E-state index contributed by atoms with van der Waals surface area (Å²) in [4.78, 5) is 11.5. The Morgan fingerprint density at radius 3 is 2.31 bits per heavy atom. The Bertz CT molecular complexity index is 309. The summed E-state index contributed by atoms with van der Waals surface area (Å²) in [7, 11) is -3.12. The van der Waals surface area contributed by atoms with E-state index in [4.69, 9.17) is 5.73 Å². The molecule has 0 amide bonds. The molecule has 0 aromatic heterocycles. The van der Waals surface area contributed by atoms with E-state index in [2.05, 4.69) is 0 Å². The minimum absolute atomic E-state index is 0.0470. The van der Waals surface area contributed by atoms with E-state index in [-0.39, 0.29) is 18.0 Å². The Morgan fingerprint density at radius 1 is 1.31 bits per heavy atom. The molecule has 0 saturated carbocycles. The number of hydrogen-bond acceptors (Lipinski definition) is 4. The Balaban J connectivity index is 4.07. The predicted octanol–water partition coefficient (Wildman–Crippen LogP) is 1.29. The topological polar surface area (TPSA) is 77.2 Å². The zero-order valence-corrected chi connectivity index (χ0v) is 11.2. The Hall–Kier alpha value is -0.420. The number of ketones is 1. The number of carbonyl (C=O) groups is 1. The average Bonchev–Trinajstić information content (AvgIpc) is 2.22. The van der Waals surface area contributed by atoms with Crippen molar-refractivity contribution in [2.45, 2.75) is 57.7 Å². The van der Waals surface area contributed by atoms with Crippen LogP contribution in [-0.4, -0.2) is 31.2 Å². The summed E-state index contributed by atoms with van der Waals surface area (Å²) in [6.45, 7) is 5.27. The molecule has 0 rings (SSSR count). The van der Waals surface area contributed by atoms with Crippen LogP contribution in [0, 0.1) is 0 Å². The molecule has 0 aliphatic heterocycles. The molecular formula is C11H23NO3S. The molecule has 0 fully saturated rings. The van der Waals surface area contributed by atoms with E-state index >= 15 is 0 Å². The van der Waals surface area contributed by atoms with Gasteiger partial charge in [0.15, 0.2) is 15.6 Å². The third kappa shape index (κ3) is 5.61. The highest BCUT2D eigenvalue weighted by Crippen LogP contribution is 2.06. The second-order valence-electron chi connectivity index (χ2n) is 4.38. The molecule has 0 saturated heterocycles. The average molecular weight is 249 g/mol. The fraction of sp³-hybridized carbons (Fsp3) is 0.909. The highest BCUT2D eigenvalue weighted by molar-refractivity contribution is 7.91. The maximum Gasteiger partial charge on any atom is 0.153 e. The first-order valence-corrected chi connectivity index (χ1v) is 7.52. The zero-order valence-electron chi connectivity index (χ0n) is 10.4. The summed E-state index contributed by atoms with van der Waals surface area (Å²) in [5.74, 6) is -0.221. The highest BCUT2D eigenvalue weighted by atomic mass is 32.2. The lowest BCUT2D eigenvalue weighted by molar-refractivity contribution is -0.120. The maximum absolute atomic E-state index is 11.5. The van der Waals surface area contributed by atoms with Crippen molar-refractivity contribution < 1.29 is 13.2 Å². The molecule has 0 radical (unpaired) electrons. The number of unbranched alkanes of at least 4 members (excludes halogenated alkanes) is 1. The SMILES string of the molecule is CCCCC(N)C(=O)CCS(=O)(=O)C(C)C. The molecule has 0 aliphatic rings. The van der Waals surface area contributed by atoms with Gasteiger partial charge < -0.3 is 5.73 Å². The summed E-state index contributed by atoms with van der Waals surface area (Å²) in [5.41, 5.74) is 5.66. The molecule has 16 heavy (non-hydrogen) atoms. The summed E-state index contributed by atoms with van der Waals surface area (Å²) < 4.78 is 23.0. The number of sulfone groups is 1. The molecule has 2 N–H and O–H groups in total. The van der Waals surface area contributed by atoms with Gasteiger partial charge in [0, 0.05) is 6.42 Å². The van der Waals surface area contributed by atoms with Crippen molar-refractivity contribution in [1.29, 1.82) is 0 Å². The van der Waals surface area contributed by atoms with Gasteiger partial charge in [-0.3, -0.25) is 4.79 Å². The fourth-order valence-electron chi connectivity index (χ4n) is 1.25. The van der Waals surface area contributed by atoms with Gasteiger partial charge in [0.2, 0.25) is 0 Å². The van der Waals surface area contributed by atoms with Crippen molar-refractivity contribution in [1.82, 2.24) is 0 Å². The lowest BCUT2D eigenvalue weighted by Crippen LogP contribution is -2.32. The highest BCUT2D eigenvalue weighted by Gasteiger charge is 2.20. The molecule has 0 aliphatic carbocycles.